The number of aromatic nitrogens is 2. The number of hydrogen-bond acceptors (Lipinski definition) is 5. The van der Waals surface area contributed by atoms with Gasteiger partial charge in [0.05, 0.1) is 0 Å². The highest BCUT2D eigenvalue weighted by Gasteiger charge is 2.22. The van der Waals surface area contributed by atoms with Gasteiger partial charge < -0.3 is 14.7 Å². The molecule has 4 heterocycles. The van der Waals surface area contributed by atoms with Gasteiger partial charge in [-0.15, -0.1) is 0 Å². The topological polar surface area (TPSA) is 35.5 Å². The maximum absolute atomic E-state index is 4.92. The summed E-state index contributed by atoms with van der Waals surface area (Å²) in [6.45, 7) is 6.82. The quantitative estimate of drug-likeness (QED) is 0.858. The average Bonchev–Trinajstić information content (AvgIpc) is 3.29. The first-order chi connectivity index (χ1) is 10.9. The number of hydrogen-bond donors (Lipinski definition) is 0. The molecule has 1 aromatic heterocycles. The van der Waals surface area contributed by atoms with E-state index in [0.717, 1.165) is 56.9 Å². The molecule has 0 amide bonds. The highest BCUT2D eigenvalue weighted by molar-refractivity contribution is 5.56. The van der Waals surface area contributed by atoms with Crippen LogP contribution in [0.25, 0.3) is 0 Å². The van der Waals surface area contributed by atoms with Crippen molar-refractivity contribution in [1.29, 1.82) is 0 Å². The second kappa shape index (κ2) is 6.31. The molecule has 1 aromatic rings. The largest absolute Gasteiger partial charge is 0.356 e. The van der Waals surface area contributed by atoms with E-state index in [1.807, 2.05) is 0 Å². The first kappa shape index (κ1) is 14.1. The van der Waals surface area contributed by atoms with Crippen molar-refractivity contribution in [2.75, 3.05) is 54.0 Å². The highest BCUT2D eigenvalue weighted by Crippen LogP contribution is 2.28. The van der Waals surface area contributed by atoms with Gasteiger partial charge in [0.1, 0.15) is 11.6 Å². The van der Waals surface area contributed by atoms with Crippen LogP contribution in [-0.2, 0) is 0 Å². The normalized spacial score (nSPS) is 22.6. The second-order valence-electron chi connectivity index (χ2n) is 6.82. The fourth-order valence-electron chi connectivity index (χ4n) is 3.86. The lowest BCUT2D eigenvalue weighted by Crippen LogP contribution is -2.32. The van der Waals surface area contributed by atoms with Crippen molar-refractivity contribution >= 4 is 17.6 Å². The van der Waals surface area contributed by atoms with Crippen molar-refractivity contribution in [1.82, 2.24) is 9.97 Å². The van der Waals surface area contributed by atoms with Crippen LogP contribution < -0.4 is 14.7 Å². The molecule has 5 heteroatoms. The van der Waals surface area contributed by atoms with Gasteiger partial charge in [-0.2, -0.15) is 9.97 Å². The van der Waals surface area contributed by atoms with E-state index in [1.54, 1.807) is 0 Å². The zero-order valence-corrected chi connectivity index (χ0v) is 13.5. The molecule has 0 aromatic carbocycles. The molecule has 0 aliphatic carbocycles. The SMILES string of the molecule is c1c(N2CCCCC2)nc(N2CCCC2)nc1N1CCCC1. The van der Waals surface area contributed by atoms with Crippen LogP contribution in [0.5, 0.6) is 0 Å². The van der Waals surface area contributed by atoms with Crippen molar-refractivity contribution in [3.63, 3.8) is 0 Å². The molecular weight excluding hydrogens is 274 g/mol. The Bertz CT molecular complexity index is 466. The predicted molar refractivity (Wildman–Crippen MR) is 91.0 cm³/mol. The monoisotopic (exact) mass is 301 g/mol. The van der Waals surface area contributed by atoms with Gasteiger partial charge in [0, 0.05) is 45.3 Å². The standard InChI is InChI=1S/C17H27N5/c1-2-8-20(9-3-1)15-14-16(21-10-4-5-11-21)19-17(18-15)22-12-6-7-13-22/h14H,1-13H2. The lowest BCUT2D eigenvalue weighted by molar-refractivity contribution is 0.573. The number of piperidine rings is 1. The van der Waals surface area contributed by atoms with Gasteiger partial charge in [0.15, 0.2) is 0 Å². The summed E-state index contributed by atoms with van der Waals surface area (Å²) in [5.74, 6) is 3.26. The Morgan fingerprint density at radius 1 is 0.545 bits per heavy atom. The molecule has 3 aliphatic heterocycles. The first-order valence-electron chi connectivity index (χ1n) is 9.04. The van der Waals surface area contributed by atoms with E-state index in [4.69, 9.17) is 9.97 Å². The highest BCUT2D eigenvalue weighted by atomic mass is 15.3. The maximum atomic E-state index is 4.92. The zero-order valence-electron chi connectivity index (χ0n) is 13.5. The third-order valence-corrected chi connectivity index (χ3v) is 5.19. The molecule has 5 nitrogen and oxygen atoms in total. The van der Waals surface area contributed by atoms with Crippen LogP contribution in [0.15, 0.2) is 6.07 Å². The van der Waals surface area contributed by atoms with Crippen LogP contribution in [0, 0.1) is 0 Å². The van der Waals surface area contributed by atoms with Gasteiger partial charge in [-0.25, -0.2) is 0 Å². The molecule has 0 spiro atoms. The van der Waals surface area contributed by atoms with Crippen molar-refractivity contribution in [2.24, 2.45) is 0 Å². The van der Waals surface area contributed by atoms with Crippen LogP contribution in [0.2, 0.25) is 0 Å². The number of rotatable bonds is 3. The first-order valence-corrected chi connectivity index (χ1v) is 9.04. The summed E-state index contributed by atoms with van der Waals surface area (Å²) >= 11 is 0. The van der Waals surface area contributed by atoms with E-state index < -0.39 is 0 Å². The third kappa shape index (κ3) is 2.85. The molecule has 0 radical (unpaired) electrons. The van der Waals surface area contributed by atoms with Gasteiger partial charge in [-0.3, -0.25) is 0 Å². The molecule has 3 aliphatic rings. The molecule has 0 unspecified atom stereocenters. The van der Waals surface area contributed by atoms with E-state index in [0.29, 0.717) is 0 Å². The van der Waals surface area contributed by atoms with Crippen LogP contribution in [0.4, 0.5) is 17.6 Å². The van der Waals surface area contributed by atoms with Crippen LogP contribution in [0.3, 0.4) is 0 Å². The zero-order chi connectivity index (χ0) is 14.8. The molecule has 22 heavy (non-hydrogen) atoms. The molecule has 4 rings (SSSR count). The lowest BCUT2D eigenvalue weighted by atomic mass is 10.1. The van der Waals surface area contributed by atoms with E-state index in [9.17, 15) is 0 Å². The lowest BCUT2D eigenvalue weighted by Gasteiger charge is -2.30. The summed E-state index contributed by atoms with van der Waals surface area (Å²) in [6, 6.07) is 2.23. The molecule has 0 saturated carbocycles. The molecule has 120 valence electrons. The van der Waals surface area contributed by atoms with Gasteiger partial charge in [0.2, 0.25) is 5.95 Å². The fraction of sp³-hybridized carbons (Fsp3) is 0.765. The predicted octanol–water partition coefficient (Wildman–Crippen LogP) is 2.67. The minimum Gasteiger partial charge on any atom is -0.356 e. The van der Waals surface area contributed by atoms with Crippen molar-refractivity contribution in [2.45, 2.75) is 44.9 Å². The molecular formula is C17H27N5. The molecule has 0 atom stereocenters. The Balaban J connectivity index is 1.65. The Morgan fingerprint density at radius 3 is 1.45 bits per heavy atom. The number of anilines is 3. The van der Waals surface area contributed by atoms with Crippen molar-refractivity contribution in [3.8, 4) is 0 Å². The third-order valence-electron chi connectivity index (χ3n) is 5.19. The Morgan fingerprint density at radius 2 is 0.955 bits per heavy atom. The van der Waals surface area contributed by atoms with Crippen molar-refractivity contribution in [3.05, 3.63) is 6.07 Å². The van der Waals surface area contributed by atoms with E-state index in [-0.39, 0.29) is 0 Å². The minimum absolute atomic E-state index is 0.961. The van der Waals surface area contributed by atoms with E-state index in [1.165, 1.54) is 44.9 Å². The molecule has 0 bridgehead atoms. The molecule has 0 N–H and O–H groups in total. The average molecular weight is 301 g/mol. The minimum atomic E-state index is 0.961. The Kier molecular flexibility index (Phi) is 4.04. The second-order valence-corrected chi connectivity index (χ2v) is 6.82. The van der Waals surface area contributed by atoms with Crippen LogP contribution in [-0.4, -0.2) is 49.2 Å². The summed E-state index contributed by atoms with van der Waals surface area (Å²) in [7, 11) is 0. The fourth-order valence-corrected chi connectivity index (χ4v) is 3.86. The van der Waals surface area contributed by atoms with Crippen molar-refractivity contribution < 1.29 is 0 Å². The Labute approximate surface area is 133 Å². The van der Waals surface area contributed by atoms with Gasteiger partial charge in [-0.05, 0) is 44.9 Å². The summed E-state index contributed by atoms with van der Waals surface area (Å²) in [5.41, 5.74) is 0. The molecule has 3 saturated heterocycles. The van der Waals surface area contributed by atoms with Crippen LogP contribution in [0.1, 0.15) is 44.9 Å². The summed E-state index contributed by atoms with van der Waals surface area (Å²) in [6.07, 6.45) is 9.08. The Hall–Kier alpha value is -1.52. The number of nitrogens with zero attached hydrogens (tertiary/aromatic N) is 5. The van der Waals surface area contributed by atoms with Gasteiger partial charge in [0.25, 0.3) is 0 Å². The molecule has 3 fully saturated rings. The van der Waals surface area contributed by atoms with E-state index in [2.05, 4.69) is 20.8 Å². The maximum Gasteiger partial charge on any atom is 0.229 e. The van der Waals surface area contributed by atoms with Gasteiger partial charge >= 0.3 is 0 Å². The van der Waals surface area contributed by atoms with Gasteiger partial charge in [-0.1, -0.05) is 0 Å². The van der Waals surface area contributed by atoms with Crippen LogP contribution >= 0.6 is 0 Å². The van der Waals surface area contributed by atoms with E-state index >= 15 is 0 Å². The smallest absolute Gasteiger partial charge is 0.229 e. The summed E-state index contributed by atoms with van der Waals surface area (Å²) < 4.78 is 0. The summed E-state index contributed by atoms with van der Waals surface area (Å²) in [5, 5.41) is 0. The summed E-state index contributed by atoms with van der Waals surface area (Å²) in [4.78, 5) is 17.1.